The van der Waals surface area contributed by atoms with Gasteiger partial charge in [-0.05, 0) is 77.0 Å². The molecule has 6 nitrogen and oxygen atoms in total. The summed E-state index contributed by atoms with van der Waals surface area (Å²) in [5.41, 5.74) is 0. The average Bonchev–Trinajstić information content (AvgIpc) is 3.29. The summed E-state index contributed by atoms with van der Waals surface area (Å²) in [6, 6.07) is 0. The highest BCUT2D eigenvalue weighted by Crippen LogP contribution is 2.16. The smallest absolute Gasteiger partial charge is 0.306 e. The van der Waals surface area contributed by atoms with Crippen LogP contribution in [0.15, 0.2) is 48.6 Å². The number of rotatable bonds is 50. The summed E-state index contributed by atoms with van der Waals surface area (Å²) >= 11 is 0. The van der Waals surface area contributed by atoms with Crippen molar-refractivity contribution in [2.24, 2.45) is 0 Å². The first kappa shape index (κ1) is 61.4. The summed E-state index contributed by atoms with van der Waals surface area (Å²) in [5, 5.41) is 0. The lowest BCUT2D eigenvalue weighted by Gasteiger charge is -2.18. The number of carbonyl (C=O) groups excluding carboxylic acids is 3. The number of ether oxygens (including phenoxy) is 3. The summed E-state index contributed by atoms with van der Waals surface area (Å²) in [6.07, 6.45) is 63.9. The number of carbonyl (C=O) groups is 3. The molecule has 0 heterocycles. The van der Waals surface area contributed by atoms with Crippen LogP contribution in [0, 0.1) is 0 Å². The second-order valence-electron chi connectivity index (χ2n) is 18.5. The summed E-state index contributed by atoms with van der Waals surface area (Å²) < 4.78 is 16.8. The van der Waals surface area contributed by atoms with Crippen LogP contribution in [0.3, 0.4) is 0 Å². The van der Waals surface area contributed by atoms with Gasteiger partial charge in [-0.3, -0.25) is 14.4 Å². The maximum absolute atomic E-state index is 12.8. The molecule has 0 aliphatic heterocycles. The topological polar surface area (TPSA) is 78.9 Å². The molecular weight excluding hydrogens is 793 g/mol. The van der Waals surface area contributed by atoms with Gasteiger partial charge in [0.05, 0.1) is 0 Å². The Balaban J connectivity index is 4.33. The molecule has 0 spiro atoms. The van der Waals surface area contributed by atoms with Crippen molar-refractivity contribution in [1.82, 2.24) is 0 Å². The van der Waals surface area contributed by atoms with Crippen molar-refractivity contribution in [2.75, 3.05) is 13.2 Å². The van der Waals surface area contributed by atoms with E-state index in [1.807, 2.05) is 0 Å². The van der Waals surface area contributed by atoms with Crippen LogP contribution in [0.2, 0.25) is 0 Å². The van der Waals surface area contributed by atoms with Gasteiger partial charge >= 0.3 is 17.9 Å². The molecule has 0 amide bonds. The van der Waals surface area contributed by atoms with Gasteiger partial charge in [-0.2, -0.15) is 0 Å². The zero-order valence-electron chi connectivity index (χ0n) is 42.6. The fourth-order valence-corrected chi connectivity index (χ4v) is 7.92. The third-order valence-corrected chi connectivity index (χ3v) is 12.1. The highest BCUT2D eigenvalue weighted by Gasteiger charge is 2.19. The summed E-state index contributed by atoms with van der Waals surface area (Å²) in [6.45, 7) is 6.51. The predicted octanol–water partition coefficient (Wildman–Crippen LogP) is 18.3. The van der Waals surface area contributed by atoms with E-state index in [2.05, 4.69) is 69.4 Å². The van der Waals surface area contributed by atoms with Crippen molar-refractivity contribution >= 4 is 17.9 Å². The van der Waals surface area contributed by atoms with Crippen LogP contribution in [0.4, 0.5) is 0 Å². The molecule has 0 N–H and O–H groups in total. The van der Waals surface area contributed by atoms with Crippen LogP contribution in [0.1, 0.15) is 284 Å². The van der Waals surface area contributed by atoms with E-state index in [4.69, 9.17) is 14.2 Å². The molecule has 0 rings (SSSR count). The van der Waals surface area contributed by atoms with Gasteiger partial charge in [0.1, 0.15) is 13.2 Å². The van der Waals surface area contributed by atoms with E-state index < -0.39 is 6.10 Å². The summed E-state index contributed by atoms with van der Waals surface area (Å²) in [7, 11) is 0. The number of esters is 3. The molecular formula is C58H104O6. The van der Waals surface area contributed by atoms with Gasteiger partial charge in [-0.15, -0.1) is 0 Å². The Kier molecular flexibility index (Phi) is 50.8. The minimum absolute atomic E-state index is 0.0801. The van der Waals surface area contributed by atoms with Gasteiger partial charge in [0.25, 0.3) is 0 Å². The number of hydrogen-bond acceptors (Lipinski definition) is 6. The maximum Gasteiger partial charge on any atom is 0.306 e. The van der Waals surface area contributed by atoms with Gasteiger partial charge in [0.2, 0.25) is 0 Å². The molecule has 372 valence electrons. The molecule has 0 fully saturated rings. The lowest BCUT2D eigenvalue weighted by atomic mass is 10.0. The van der Waals surface area contributed by atoms with E-state index in [0.29, 0.717) is 19.3 Å². The lowest BCUT2D eigenvalue weighted by Crippen LogP contribution is -2.30. The van der Waals surface area contributed by atoms with Crippen molar-refractivity contribution < 1.29 is 28.6 Å². The number of hydrogen-bond donors (Lipinski definition) is 0. The molecule has 0 aliphatic rings. The predicted molar refractivity (Wildman–Crippen MR) is 275 cm³/mol. The highest BCUT2D eigenvalue weighted by molar-refractivity contribution is 5.71. The summed E-state index contributed by atoms with van der Waals surface area (Å²) in [5.74, 6) is -0.895. The Labute approximate surface area is 397 Å². The number of unbranched alkanes of at least 4 members (excludes halogenated alkanes) is 31. The molecule has 6 heteroatoms. The van der Waals surface area contributed by atoms with Crippen molar-refractivity contribution in [2.45, 2.75) is 290 Å². The van der Waals surface area contributed by atoms with E-state index in [-0.39, 0.29) is 31.1 Å². The molecule has 0 aliphatic carbocycles. The van der Waals surface area contributed by atoms with Gasteiger partial charge in [-0.25, -0.2) is 0 Å². The molecule has 1 unspecified atom stereocenters. The van der Waals surface area contributed by atoms with E-state index in [0.717, 1.165) is 103 Å². The maximum atomic E-state index is 12.8. The molecule has 64 heavy (non-hydrogen) atoms. The molecule has 0 aromatic carbocycles. The molecule has 1 atom stereocenters. The second-order valence-corrected chi connectivity index (χ2v) is 18.5. The van der Waals surface area contributed by atoms with Crippen LogP contribution >= 0.6 is 0 Å². The normalized spacial score (nSPS) is 12.4. The van der Waals surface area contributed by atoms with Gasteiger partial charge in [0, 0.05) is 19.3 Å². The Morgan fingerprint density at radius 2 is 0.609 bits per heavy atom. The molecule has 0 bridgehead atoms. The largest absolute Gasteiger partial charge is 0.462 e. The van der Waals surface area contributed by atoms with E-state index in [1.54, 1.807) is 0 Å². The molecule has 0 aromatic rings. The van der Waals surface area contributed by atoms with Crippen LogP contribution < -0.4 is 0 Å². The Morgan fingerprint density at radius 3 is 1.00 bits per heavy atom. The van der Waals surface area contributed by atoms with Gasteiger partial charge in [0.15, 0.2) is 6.10 Å². The van der Waals surface area contributed by atoms with Crippen molar-refractivity contribution in [3.8, 4) is 0 Å². The summed E-state index contributed by atoms with van der Waals surface area (Å²) in [4.78, 5) is 38.0. The Morgan fingerprint density at radius 1 is 0.328 bits per heavy atom. The standard InChI is InChI=1S/C58H104O6/c1-4-7-10-13-16-19-22-25-27-28-29-30-32-33-36-39-42-45-48-51-57(60)63-54-55(53-62-56(59)50-47-44-41-38-35-24-21-18-15-12-9-6-3)64-58(61)52-49-46-43-40-37-34-31-26-23-20-17-14-11-8-5-2/h8,11,17-18,20-21,26,31,55H,4-7,9-10,12-16,19,22-25,27-30,32-54H2,1-3H3/b11-8-,20-17-,21-18-,31-26-. The molecule has 0 radical (unpaired) electrons. The van der Waals surface area contributed by atoms with Gasteiger partial charge in [-0.1, -0.05) is 236 Å². The monoisotopic (exact) mass is 897 g/mol. The highest BCUT2D eigenvalue weighted by atomic mass is 16.6. The molecule has 0 aromatic heterocycles. The van der Waals surface area contributed by atoms with Crippen LogP contribution in [0.25, 0.3) is 0 Å². The average molecular weight is 897 g/mol. The second kappa shape index (κ2) is 53.0. The first-order valence-corrected chi connectivity index (χ1v) is 27.6. The van der Waals surface area contributed by atoms with Crippen LogP contribution in [-0.4, -0.2) is 37.2 Å². The molecule has 0 saturated heterocycles. The fourth-order valence-electron chi connectivity index (χ4n) is 7.92. The van der Waals surface area contributed by atoms with Gasteiger partial charge < -0.3 is 14.2 Å². The first-order valence-electron chi connectivity index (χ1n) is 27.6. The third kappa shape index (κ3) is 50.4. The number of allylic oxidation sites excluding steroid dienone is 8. The third-order valence-electron chi connectivity index (χ3n) is 12.1. The SMILES string of the molecule is CC/C=C\C/C=C\C/C=C\CCCCCCCC(=O)OC(COC(=O)CCCCCCC/C=C\CCCCC)COC(=O)CCCCCCCCCCCCCCCCCCCCC. The minimum atomic E-state index is -0.782. The Bertz CT molecular complexity index is 1120. The Hall–Kier alpha value is -2.63. The van der Waals surface area contributed by atoms with E-state index in [1.165, 1.54) is 141 Å². The zero-order valence-corrected chi connectivity index (χ0v) is 42.6. The van der Waals surface area contributed by atoms with Crippen molar-refractivity contribution in [1.29, 1.82) is 0 Å². The van der Waals surface area contributed by atoms with Crippen molar-refractivity contribution in [3.05, 3.63) is 48.6 Å². The van der Waals surface area contributed by atoms with Crippen LogP contribution in [-0.2, 0) is 28.6 Å². The fraction of sp³-hybridized carbons (Fsp3) is 0.810. The molecule has 0 saturated carbocycles. The van der Waals surface area contributed by atoms with Crippen molar-refractivity contribution in [3.63, 3.8) is 0 Å². The lowest BCUT2D eigenvalue weighted by molar-refractivity contribution is -0.167. The quantitative estimate of drug-likeness (QED) is 0.0262. The van der Waals surface area contributed by atoms with E-state index >= 15 is 0 Å². The minimum Gasteiger partial charge on any atom is -0.462 e. The first-order chi connectivity index (χ1) is 31.5. The van der Waals surface area contributed by atoms with E-state index in [9.17, 15) is 14.4 Å². The van der Waals surface area contributed by atoms with Crippen LogP contribution in [0.5, 0.6) is 0 Å². The zero-order chi connectivity index (χ0) is 46.5.